The number of halogens is 1. The van der Waals surface area contributed by atoms with E-state index in [9.17, 15) is 9.59 Å². The quantitative estimate of drug-likeness (QED) is 0.809. The number of ether oxygens (including phenoxy) is 1. The number of benzene rings is 1. The van der Waals surface area contributed by atoms with Gasteiger partial charge in [-0.1, -0.05) is 12.1 Å². The zero-order chi connectivity index (χ0) is 19.1. The maximum absolute atomic E-state index is 12.7. The highest BCUT2D eigenvalue weighted by Crippen LogP contribution is 2.17. The Labute approximate surface area is 174 Å². The average molecular weight is 410 g/mol. The Kier molecular flexibility index (Phi) is 9.06. The molecule has 6 nitrogen and oxygen atoms in total. The average Bonchev–Trinajstić information content (AvgIpc) is 2.99. The molecule has 2 heterocycles. The third-order valence-electron chi connectivity index (χ3n) is 5.64. The van der Waals surface area contributed by atoms with E-state index in [1.54, 1.807) is 7.11 Å². The Balaban J connectivity index is 0.00000280. The van der Waals surface area contributed by atoms with E-state index in [1.807, 2.05) is 34.1 Å². The van der Waals surface area contributed by atoms with Crippen molar-refractivity contribution in [2.75, 3.05) is 46.4 Å². The first-order chi connectivity index (χ1) is 13.2. The lowest BCUT2D eigenvalue weighted by Crippen LogP contribution is -2.43. The molecule has 2 aliphatic heterocycles. The Bertz CT molecular complexity index is 632. The maximum Gasteiger partial charge on any atom is 0.225 e. The molecule has 1 aromatic rings. The van der Waals surface area contributed by atoms with Gasteiger partial charge in [-0.2, -0.15) is 0 Å². The number of aryl methyl sites for hydroxylation is 1. The predicted molar refractivity (Wildman–Crippen MR) is 112 cm³/mol. The first kappa shape index (κ1) is 22.5. The summed E-state index contributed by atoms with van der Waals surface area (Å²) in [7, 11) is 1.65. The van der Waals surface area contributed by atoms with E-state index in [0.29, 0.717) is 19.5 Å². The van der Waals surface area contributed by atoms with Gasteiger partial charge in [0, 0.05) is 38.5 Å². The Hall–Kier alpha value is -1.79. The predicted octanol–water partition coefficient (Wildman–Crippen LogP) is 2.11. The van der Waals surface area contributed by atoms with Gasteiger partial charge in [-0.05, 0) is 56.5 Å². The van der Waals surface area contributed by atoms with Crippen LogP contribution in [0.15, 0.2) is 24.3 Å². The Morgan fingerprint density at radius 2 is 1.68 bits per heavy atom. The van der Waals surface area contributed by atoms with Crippen molar-refractivity contribution in [3.63, 3.8) is 0 Å². The number of hydrogen-bond acceptors (Lipinski definition) is 4. The van der Waals surface area contributed by atoms with Crippen molar-refractivity contribution in [1.82, 2.24) is 15.1 Å². The molecule has 3 rings (SSSR count). The van der Waals surface area contributed by atoms with Gasteiger partial charge in [-0.3, -0.25) is 9.59 Å². The summed E-state index contributed by atoms with van der Waals surface area (Å²) in [5, 5.41) is 3.31. The molecular weight excluding hydrogens is 378 g/mol. The second-order valence-corrected chi connectivity index (χ2v) is 7.43. The Morgan fingerprint density at radius 1 is 1.04 bits per heavy atom. The number of piperidine rings is 1. The third-order valence-corrected chi connectivity index (χ3v) is 5.64. The van der Waals surface area contributed by atoms with Crippen LogP contribution < -0.4 is 10.1 Å². The van der Waals surface area contributed by atoms with Crippen LogP contribution >= 0.6 is 12.4 Å². The minimum Gasteiger partial charge on any atom is -0.497 e. The number of nitrogens with zero attached hydrogens (tertiary/aromatic N) is 2. The standard InChI is InChI=1S/C21H31N3O3.ClH/c1-27-19-6-3-17(4-7-19)5-8-20(25)23-13-2-14-24(16-15-23)21(26)18-9-11-22-12-10-18;/h3-4,6-7,18,22H,2,5,8-16H2,1H3;1H. The first-order valence-corrected chi connectivity index (χ1v) is 10.1. The zero-order valence-electron chi connectivity index (χ0n) is 16.7. The molecular formula is C21H32ClN3O3. The molecule has 0 aromatic heterocycles. The van der Waals surface area contributed by atoms with E-state index >= 15 is 0 Å². The topological polar surface area (TPSA) is 61.9 Å². The molecule has 2 fully saturated rings. The minimum absolute atomic E-state index is 0. The smallest absolute Gasteiger partial charge is 0.225 e. The zero-order valence-corrected chi connectivity index (χ0v) is 17.5. The molecule has 7 heteroatoms. The SMILES string of the molecule is COc1ccc(CCC(=O)N2CCCN(C(=O)C3CCNCC3)CC2)cc1.Cl. The van der Waals surface area contributed by atoms with Gasteiger partial charge in [0.2, 0.25) is 11.8 Å². The molecule has 0 bridgehead atoms. The summed E-state index contributed by atoms with van der Waals surface area (Å²) < 4.78 is 5.17. The van der Waals surface area contributed by atoms with Crippen LogP contribution in [0.5, 0.6) is 5.75 Å². The van der Waals surface area contributed by atoms with Gasteiger partial charge in [0.05, 0.1) is 7.11 Å². The molecule has 1 aromatic carbocycles. The molecule has 0 saturated carbocycles. The number of hydrogen-bond donors (Lipinski definition) is 1. The fraction of sp³-hybridized carbons (Fsp3) is 0.619. The van der Waals surface area contributed by atoms with Crippen LogP contribution in [-0.2, 0) is 16.0 Å². The molecule has 28 heavy (non-hydrogen) atoms. The van der Waals surface area contributed by atoms with Crippen LogP contribution in [0.2, 0.25) is 0 Å². The molecule has 0 spiro atoms. The van der Waals surface area contributed by atoms with Crippen molar-refractivity contribution in [2.45, 2.75) is 32.1 Å². The molecule has 2 saturated heterocycles. The summed E-state index contributed by atoms with van der Waals surface area (Å²) in [6.45, 7) is 4.69. The first-order valence-electron chi connectivity index (χ1n) is 10.1. The van der Waals surface area contributed by atoms with Gasteiger partial charge in [0.1, 0.15) is 5.75 Å². The van der Waals surface area contributed by atoms with Gasteiger partial charge in [-0.15, -0.1) is 12.4 Å². The summed E-state index contributed by atoms with van der Waals surface area (Å²) in [6.07, 6.45) is 3.97. The van der Waals surface area contributed by atoms with E-state index < -0.39 is 0 Å². The number of rotatable bonds is 5. The molecule has 2 aliphatic rings. The van der Waals surface area contributed by atoms with E-state index in [-0.39, 0.29) is 30.1 Å². The number of carbonyl (C=O) groups excluding carboxylic acids is 2. The van der Waals surface area contributed by atoms with Gasteiger partial charge >= 0.3 is 0 Å². The lowest BCUT2D eigenvalue weighted by Gasteiger charge is -2.28. The van der Waals surface area contributed by atoms with E-state index in [2.05, 4.69) is 5.32 Å². The van der Waals surface area contributed by atoms with Crippen molar-refractivity contribution in [3.05, 3.63) is 29.8 Å². The van der Waals surface area contributed by atoms with Gasteiger partial charge in [0.25, 0.3) is 0 Å². The van der Waals surface area contributed by atoms with Crippen molar-refractivity contribution in [1.29, 1.82) is 0 Å². The summed E-state index contributed by atoms with van der Waals surface area (Å²) >= 11 is 0. The lowest BCUT2D eigenvalue weighted by atomic mass is 9.96. The van der Waals surface area contributed by atoms with E-state index in [4.69, 9.17) is 4.74 Å². The fourth-order valence-electron chi connectivity index (χ4n) is 3.92. The molecule has 0 aliphatic carbocycles. The van der Waals surface area contributed by atoms with Gasteiger partial charge in [0.15, 0.2) is 0 Å². The molecule has 0 radical (unpaired) electrons. The maximum atomic E-state index is 12.7. The summed E-state index contributed by atoms with van der Waals surface area (Å²) in [6, 6.07) is 7.87. The van der Waals surface area contributed by atoms with Crippen molar-refractivity contribution >= 4 is 24.2 Å². The van der Waals surface area contributed by atoms with E-state index in [1.165, 1.54) is 0 Å². The summed E-state index contributed by atoms with van der Waals surface area (Å²) in [5.74, 6) is 1.45. The number of methoxy groups -OCH3 is 1. The highest BCUT2D eigenvalue weighted by molar-refractivity contribution is 5.85. The number of carbonyl (C=O) groups is 2. The van der Waals surface area contributed by atoms with Crippen LogP contribution in [0.1, 0.15) is 31.2 Å². The molecule has 0 atom stereocenters. The van der Waals surface area contributed by atoms with Crippen molar-refractivity contribution in [3.8, 4) is 5.75 Å². The monoisotopic (exact) mass is 409 g/mol. The lowest BCUT2D eigenvalue weighted by molar-refractivity contribution is -0.137. The second-order valence-electron chi connectivity index (χ2n) is 7.43. The summed E-state index contributed by atoms with van der Waals surface area (Å²) in [5.41, 5.74) is 1.14. The fourth-order valence-corrected chi connectivity index (χ4v) is 3.92. The molecule has 1 N–H and O–H groups in total. The second kappa shape index (κ2) is 11.3. The van der Waals surface area contributed by atoms with Crippen LogP contribution in [-0.4, -0.2) is 68.0 Å². The van der Waals surface area contributed by atoms with Gasteiger partial charge < -0.3 is 19.9 Å². The minimum atomic E-state index is 0. The van der Waals surface area contributed by atoms with Crippen LogP contribution in [0.4, 0.5) is 0 Å². The molecule has 0 unspecified atom stereocenters. The van der Waals surface area contributed by atoms with Crippen LogP contribution in [0, 0.1) is 5.92 Å². The molecule has 156 valence electrons. The van der Waals surface area contributed by atoms with Crippen molar-refractivity contribution in [2.24, 2.45) is 5.92 Å². The van der Waals surface area contributed by atoms with Crippen molar-refractivity contribution < 1.29 is 14.3 Å². The highest BCUT2D eigenvalue weighted by Gasteiger charge is 2.28. The highest BCUT2D eigenvalue weighted by atomic mass is 35.5. The Morgan fingerprint density at radius 3 is 2.36 bits per heavy atom. The number of amides is 2. The normalized spacial score (nSPS) is 18.2. The van der Waals surface area contributed by atoms with Crippen LogP contribution in [0.3, 0.4) is 0 Å². The van der Waals surface area contributed by atoms with Crippen LogP contribution in [0.25, 0.3) is 0 Å². The summed E-state index contributed by atoms with van der Waals surface area (Å²) in [4.78, 5) is 29.3. The molecule has 2 amide bonds. The van der Waals surface area contributed by atoms with E-state index in [0.717, 1.165) is 63.2 Å². The number of nitrogens with one attached hydrogen (secondary N) is 1. The largest absolute Gasteiger partial charge is 0.497 e. The van der Waals surface area contributed by atoms with Gasteiger partial charge in [-0.25, -0.2) is 0 Å². The third kappa shape index (κ3) is 6.11.